The molecule has 84 valence electrons. The molecule has 0 aliphatic carbocycles. The minimum Gasteiger partial charge on any atom is -0.330 e. The number of alkyl halides is 2. The lowest BCUT2D eigenvalue weighted by Crippen LogP contribution is -2.14. The molecule has 0 radical (unpaired) electrons. The first kappa shape index (κ1) is 12.1. The number of hydrogen-bond acceptors (Lipinski definition) is 1. The van der Waals surface area contributed by atoms with E-state index in [0.29, 0.717) is 12.1 Å². The Hall–Kier alpha value is -0.960. The number of benzene rings is 1. The molecule has 0 amide bonds. The normalized spacial score (nSPS) is 13.9. The first-order valence-corrected chi connectivity index (χ1v) is 5.14. The van der Waals surface area contributed by atoms with Crippen molar-refractivity contribution in [2.24, 2.45) is 5.73 Å². The van der Waals surface area contributed by atoms with Crippen LogP contribution in [-0.2, 0) is 5.92 Å². The molecular weight excluding hydrogens is 196 g/mol. The summed E-state index contributed by atoms with van der Waals surface area (Å²) in [6, 6.07) is 6.68. The second-order valence-corrected chi connectivity index (χ2v) is 3.95. The fourth-order valence-electron chi connectivity index (χ4n) is 1.73. The van der Waals surface area contributed by atoms with Crippen LogP contribution in [0.2, 0.25) is 0 Å². The molecule has 0 saturated heterocycles. The maximum absolute atomic E-state index is 13.3. The van der Waals surface area contributed by atoms with Crippen LogP contribution < -0.4 is 5.73 Å². The first-order chi connectivity index (χ1) is 6.96. The van der Waals surface area contributed by atoms with Crippen molar-refractivity contribution in [3.63, 3.8) is 0 Å². The molecule has 1 nitrogen and oxygen atoms in total. The average Bonchev–Trinajstić information content (AvgIpc) is 2.17. The van der Waals surface area contributed by atoms with E-state index < -0.39 is 5.92 Å². The number of halogens is 2. The monoisotopic (exact) mass is 213 g/mol. The summed E-state index contributed by atoms with van der Waals surface area (Å²) in [6.07, 6.45) is 0.729. The molecule has 1 aromatic carbocycles. The zero-order valence-corrected chi connectivity index (χ0v) is 9.13. The molecule has 0 aliphatic rings. The molecule has 1 rings (SSSR count). The van der Waals surface area contributed by atoms with Crippen LogP contribution in [0.15, 0.2) is 24.3 Å². The second-order valence-electron chi connectivity index (χ2n) is 3.95. The van der Waals surface area contributed by atoms with Crippen LogP contribution in [0.1, 0.15) is 37.3 Å². The minimum atomic E-state index is -2.78. The molecule has 3 heteroatoms. The molecule has 0 bridgehead atoms. The van der Waals surface area contributed by atoms with Gasteiger partial charge in [-0.25, -0.2) is 8.78 Å². The van der Waals surface area contributed by atoms with E-state index in [1.54, 1.807) is 18.2 Å². The highest BCUT2D eigenvalue weighted by atomic mass is 19.3. The Bertz CT molecular complexity index is 318. The van der Waals surface area contributed by atoms with Gasteiger partial charge in [0.2, 0.25) is 0 Å². The highest BCUT2D eigenvalue weighted by molar-refractivity contribution is 5.33. The molecule has 0 aromatic heterocycles. The van der Waals surface area contributed by atoms with Gasteiger partial charge < -0.3 is 5.73 Å². The Balaban J connectivity index is 3.06. The van der Waals surface area contributed by atoms with Gasteiger partial charge in [-0.2, -0.15) is 0 Å². The highest BCUT2D eigenvalue weighted by Gasteiger charge is 2.28. The van der Waals surface area contributed by atoms with Crippen molar-refractivity contribution in [3.8, 4) is 0 Å². The summed E-state index contributed by atoms with van der Waals surface area (Å²) < 4.78 is 26.6. The van der Waals surface area contributed by atoms with Crippen molar-refractivity contribution in [2.75, 3.05) is 6.54 Å². The van der Waals surface area contributed by atoms with E-state index in [1.807, 2.05) is 6.92 Å². The van der Waals surface area contributed by atoms with Gasteiger partial charge in [-0.05, 0) is 24.4 Å². The summed E-state index contributed by atoms with van der Waals surface area (Å²) in [6.45, 7) is 3.38. The lowest BCUT2D eigenvalue weighted by atomic mass is 9.91. The van der Waals surface area contributed by atoms with E-state index in [9.17, 15) is 8.78 Å². The van der Waals surface area contributed by atoms with Gasteiger partial charge in [-0.3, -0.25) is 0 Å². The molecule has 1 unspecified atom stereocenters. The van der Waals surface area contributed by atoms with Crippen molar-refractivity contribution in [1.29, 1.82) is 0 Å². The van der Waals surface area contributed by atoms with Gasteiger partial charge >= 0.3 is 0 Å². The van der Waals surface area contributed by atoms with Gasteiger partial charge in [0.25, 0.3) is 5.92 Å². The number of rotatable bonds is 4. The van der Waals surface area contributed by atoms with Gasteiger partial charge in [0.15, 0.2) is 0 Å². The van der Waals surface area contributed by atoms with Crippen LogP contribution in [0.4, 0.5) is 8.78 Å². The maximum atomic E-state index is 13.3. The summed E-state index contributed by atoms with van der Waals surface area (Å²) in [5.41, 5.74) is 6.26. The standard InChI is InChI=1S/C12H17F2N/c1-9(7-8-15)10-5-3-4-6-11(10)12(2,13)14/h3-6,9H,7-8,15H2,1-2H3. The lowest BCUT2D eigenvalue weighted by Gasteiger charge is -2.19. The largest absolute Gasteiger partial charge is 0.330 e. The minimum absolute atomic E-state index is 0.0806. The quantitative estimate of drug-likeness (QED) is 0.816. The molecule has 1 atom stereocenters. The summed E-state index contributed by atoms with van der Waals surface area (Å²) in [4.78, 5) is 0. The summed E-state index contributed by atoms with van der Waals surface area (Å²) in [5.74, 6) is -2.70. The topological polar surface area (TPSA) is 26.0 Å². The van der Waals surface area contributed by atoms with E-state index in [2.05, 4.69) is 0 Å². The predicted octanol–water partition coefficient (Wildman–Crippen LogP) is 3.25. The molecule has 0 aliphatic heterocycles. The van der Waals surface area contributed by atoms with Crippen molar-refractivity contribution in [3.05, 3.63) is 35.4 Å². The van der Waals surface area contributed by atoms with Crippen LogP contribution in [0.25, 0.3) is 0 Å². The number of hydrogen-bond donors (Lipinski definition) is 1. The fourth-order valence-corrected chi connectivity index (χ4v) is 1.73. The third kappa shape index (κ3) is 2.99. The van der Waals surface area contributed by atoms with Gasteiger partial charge in [0.05, 0.1) is 0 Å². The Labute approximate surface area is 89.3 Å². The third-order valence-electron chi connectivity index (χ3n) is 2.56. The van der Waals surface area contributed by atoms with E-state index >= 15 is 0 Å². The molecule has 15 heavy (non-hydrogen) atoms. The van der Waals surface area contributed by atoms with Crippen LogP contribution in [0, 0.1) is 0 Å². The van der Waals surface area contributed by atoms with Gasteiger partial charge in [0, 0.05) is 12.5 Å². The first-order valence-electron chi connectivity index (χ1n) is 5.14. The molecule has 1 aromatic rings. The highest BCUT2D eigenvalue weighted by Crippen LogP contribution is 2.34. The van der Waals surface area contributed by atoms with Crippen LogP contribution >= 0.6 is 0 Å². The second kappa shape index (κ2) is 4.71. The summed E-state index contributed by atoms with van der Waals surface area (Å²) in [7, 11) is 0. The fraction of sp³-hybridized carbons (Fsp3) is 0.500. The van der Waals surface area contributed by atoms with Crippen LogP contribution in [-0.4, -0.2) is 6.54 Å². The van der Waals surface area contributed by atoms with Gasteiger partial charge in [0.1, 0.15) is 0 Å². The van der Waals surface area contributed by atoms with Gasteiger partial charge in [-0.1, -0.05) is 31.2 Å². The van der Waals surface area contributed by atoms with Crippen LogP contribution in [0.3, 0.4) is 0 Å². The summed E-state index contributed by atoms with van der Waals surface area (Å²) >= 11 is 0. The van der Waals surface area contributed by atoms with Crippen molar-refractivity contribution in [1.82, 2.24) is 0 Å². The molecule has 2 N–H and O–H groups in total. The lowest BCUT2D eigenvalue weighted by molar-refractivity contribution is 0.0162. The smallest absolute Gasteiger partial charge is 0.270 e. The van der Waals surface area contributed by atoms with Crippen LogP contribution in [0.5, 0.6) is 0 Å². The SMILES string of the molecule is CC(CCN)c1ccccc1C(C)(F)F. The van der Waals surface area contributed by atoms with Crippen molar-refractivity contribution >= 4 is 0 Å². The van der Waals surface area contributed by atoms with Crippen molar-refractivity contribution in [2.45, 2.75) is 32.1 Å². The maximum Gasteiger partial charge on any atom is 0.270 e. The third-order valence-corrected chi connectivity index (χ3v) is 2.56. The molecule has 0 saturated carbocycles. The molecule has 0 heterocycles. The molecule has 0 fully saturated rings. The zero-order valence-electron chi connectivity index (χ0n) is 9.13. The predicted molar refractivity (Wildman–Crippen MR) is 58.1 cm³/mol. The Morgan fingerprint density at radius 1 is 1.33 bits per heavy atom. The summed E-state index contributed by atoms with van der Waals surface area (Å²) in [5, 5.41) is 0. The van der Waals surface area contributed by atoms with E-state index in [0.717, 1.165) is 13.3 Å². The average molecular weight is 213 g/mol. The Kier molecular flexibility index (Phi) is 3.80. The molecular formula is C12H17F2N. The van der Waals surface area contributed by atoms with E-state index in [1.165, 1.54) is 6.07 Å². The Morgan fingerprint density at radius 2 is 1.93 bits per heavy atom. The Morgan fingerprint density at radius 3 is 2.47 bits per heavy atom. The number of nitrogens with two attached hydrogens (primary N) is 1. The molecule has 0 spiro atoms. The van der Waals surface area contributed by atoms with Gasteiger partial charge in [-0.15, -0.1) is 0 Å². The zero-order chi connectivity index (χ0) is 11.5. The van der Waals surface area contributed by atoms with E-state index in [4.69, 9.17) is 5.73 Å². The van der Waals surface area contributed by atoms with E-state index in [-0.39, 0.29) is 11.5 Å². The van der Waals surface area contributed by atoms with Crippen molar-refractivity contribution < 1.29 is 8.78 Å².